The first kappa shape index (κ1) is 13.2. The number of carbonyl (C=O) groups excluding carboxylic acids is 1. The number of hydrazone groups is 1. The Kier molecular flexibility index (Phi) is 3.31. The first-order chi connectivity index (χ1) is 10.1. The number of para-hydroxylation sites is 1. The smallest absolute Gasteiger partial charge is 0.274 e. The molecule has 1 N–H and O–H groups in total. The third-order valence-corrected chi connectivity index (χ3v) is 3.21. The number of rotatable bonds is 3. The zero-order valence-electron chi connectivity index (χ0n) is 11.7. The molecule has 1 aromatic carbocycles. The van der Waals surface area contributed by atoms with Gasteiger partial charge in [0.25, 0.3) is 5.91 Å². The average Bonchev–Trinajstić information content (AvgIpc) is 3.10. The normalized spacial score (nSPS) is 11.8. The van der Waals surface area contributed by atoms with E-state index < -0.39 is 0 Å². The summed E-state index contributed by atoms with van der Waals surface area (Å²) in [6, 6.07) is 11.2. The summed E-state index contributed by atoms with van der Waals surface area (Å²) in [5.41, 5.74) is 4.35. The number of carbonyl (C=O) groups is 1. The van der Waals surface area contributed by atoms with Gasteiger partial charge in [-0.3, -0.25) is 4.79 Å². The van der Waals surface area contributed by atoms with Crippen LogP contribution in [0.4, 0.5) is 0 Å². The molecule has 0 saturated carbocycles. The highest BCUT2D eigenvalue weighted by atomic mass is 16.3. The van der Waals surface area contributed by atoms with Gasteiger partial charge in [-0.25, -0.2) is 5.43 Å². The van der Waals surface area contributed by atoms with Gasteiger partial charge in [-0.2, -0.15) is 5.10 Å². The van der Waals surface area contributed by atoms with Crippen LogP contribution in [0.2, 0.25) is 0 Å². The summed E-state index contributed by atoms with van der Waals surface area (Å²) in [5, 5.41) is 5.07. The Hall–Kier alpha value is -2.82. The lowest BCUT2D eigenvalue weighted by Crippen LogP contribution is -2.19. The number of hydrogen-bond donors (Lipinski definition) is 1. The SMILES string of the molecule is CC(=NNC(=O)c1ccoc1C)c1cc2ccccc2o1. The Morgan fingerprint density at radius 3 is 2.76 bits per heavy atom. The molecule has 0 saturated heterocycles. The molecule has 0 aliphatic rings. The Morgan fingerprint density at radius 2 is 2.05 bits per heavy atom. The number of nitrogens with one attached hydrogen (secondary N) is 1. The topological polar surface area (TPSA) is 67.7 Å². The number of nitrogens with zero attached hydrogens (tertiary/aromatic N) is 1. The van der Waals surface area contributed by atoms with Crippen LogP contribution < -0.4 is 5.43 Å². The van der Waals surface area contributed by atoms with Crippen LogP contribution in [0.25, 0.3) is 11.0 Å². The summed E-state index contributed by atoms with van der Waals surface area (Å²) in [5.74, 6) is 0.876. The third-order valence-electron chi connectivity index (χ3n) is 3.21. The van der Waals surface area contributed by atoms with Crippen LogP contribution in [0.15, 0.2) is 56.6 Å². The summed E-state index contributed by atoms with van der Waals surface area (Å²) in [4.78, 5) is 11.9. The van der Waals surface area contributed by atoms with E-state index in [1.165, 1.54) is 6.26 Å². The Balaban J connectivity index is 1.79. The minimum absolute atomic E-state index is 0.309. The van der Waals surface area contributed by atoms with Crippen molar-refractivity contribution in [2.24, 2.45) is 5.10 Å². The molecule has 0 atom stereocenters. The van der Waals surface area contributed by atoms with Gasteiger partial charge in [0.1, 0.15) is 17.1 Å². The predicted molar refractivity (Wildman–Crippen MR) is 79.3 cm³/mol. The average molecular weight is 282 g/mol. The molecule has 5 nitrogen and oxygen atoms in total. The number of fused-ring (bicyclic) bond motifs is 1. The molecule has 0 fully saturated rings. The zero-order valence-corrected chi connectivity index (χ0v) is 11.7. The van der Waals surface area contributed by atoms with Gasteiger partial charge >= 0.3 is 0 Å². The van der Waals surface area contributed by atoms with Gasteiger partial charge in [0.15, 0.2) is 5.76 Å². The molecule has 2 aromatic heterocycles. The maximum atomic E-state index is 11.9. The monoisotopic (exact) mass is 282 g/mol. The summed E-state index contributed by atoms with van der Waals surface area (Å²) < 4.78 is 10.8. The van der Waals surface area contributed by atoms with Gasteiger partial charge < -0.3 is 8.83 Å². The van der Waals surface area contributed by atoms with Gasteiger partial charge in [-0.1, -0.05) is 18.2 Å². The van der Waals surface area contributed by atoms with Gasteiger partial charge in [0.05, 0.1) is 11.8 Å². The molecule has 5 heteroatoms. The fraction of sp³-hybridized carbons (Fsp3) is 0.125. The van der Waals surface area contributed by atoms with E-state index in [-0.39, 0.29) is 5.91 Å². The van der Waals surface area contributed by atoms with E-state index in [4.69, 9.17) is 8.83 Å². The summed E-state index contributed by atoms with van der Waals surface area (Å²) in [6.07, 6.45) is 1.47. The second kappa shape index (κ2) is 5.28. The number of amides is 1. The standard InChI is InChI=1S/C16H14N2O3/c1-10(15-9-12-5-3-4-6-14(12)21-15)17-18-16(19)13-7-8-20-11(13)2/h3-9H,1-2H3,(H,18,19). The van der Waals surface area contributed by atoms with Crippen molar-refractivity contribution in [2.45, 2.75) is 13.8 Å². The molecule has 3 rings (SSSR count). The van der Waals surface area contributed by atoms with Crippen LogP contribution in [-0.4, -0.2) is 11.6 Å². The Bertz CT molecular complexity index is 794. The van der Waals surface area contributed by atoms with Crippen LogP contribution >= 0.6 is 0 Å². The largest absolute Gasteiger partial charge is 0.469 e. The molecule has 0 aliphatic heterocycles. The maximum absolute atomic E-state index is 11.9. The molecule has 0 radical (unpaired) electrons. The van der Waals surface area contributed by atoms with Crippen molar-refractivity contribution in [3.63, 3.8) is 0 Å². The minimum Gasteiger partial charge on any atom is -0.469 e. The molecule has 3 aromatic rings. The number of furan rings is 2. The molecular formula is C16H14N2O3. The van der Waals surface area contributed by atoms with E-state index in [0.29, 0.717) is 22.8 Å². The van der Waals surface area contributed by atoms with E-state index in [1.807, 2.05) is 30.3 Å². The second-order valence-corrected chi connectivity index (χ2v) is 4.68. The minimum atomic E-state index is -0.309. The molecule has 0 unspecified atom stereocenters. The highest BCUT2D eigenvalue weighted by Crippen LogP contribution is 2.19. The maximum Gasteiger partial charge on any atom is 0.274 e. The third kappa shape index (κ3) is 2.58. The predicted octanol–water partition coefficient (Wildman–Crippen LogP) is 3.49. The first-order valence-corrected chi connectivity index (χ1v) is 6.53. The van der Waals surface area contributed by atoms with Gasteiger partial charge in [0.2, 0.25) is 0 Å². The molecule has 0 bridgehead atoms. The van der Waals surface area contributed by atoms with Crippen molar-refractivity contribution in [1.29, 1.82) is 0 Å². The Labute approximate surface area is 121 Å². The zero-order chi connectivity index (χ0) is 14.8. The molecule has 106 valence electrons. The van der Waals surface area contributed by atoms with Crippen molar-refractivity contribution in [1.82, 2.24) is 5.43 Å². The molecule has 1 amide bonds. The van der Waals surface area contributed by atoms with E-state index >= 15 is 0 Å². The lowest BCUT2D eigenvalue weighted by molar-refractivity contribution is 0.0953. The summed E-state index contributed by atoms with van der Waals surface area (Å²) in [6.45, 7) is 3.50. The quantitative estimate of drug-likeness (QED) is 0.590. The van der Waals surface area contributed by atoms with Crippen LogP contribution in [0.3, 0.4) is 0 Å². The number of benzene rings is 1. The molecule has 0 spiro atoms. The Morgan fingerprint density at radius 1 is 1.24 bits per heavy atom. The van der Waals surface area contributed by atoms with Crippen LogP contribution in [-0.2, 0) is 0 Å². The summed E-state index contributed by atoms with van der Waals surface area (Å²) in [7, 11) is 0. The van der Waals surface area contributed by atoms with Crippen molar-refractivity contribution in [3.05, 3.63) is 59.7 Å². The van der Waals surface area contributed by atoms with Crippen LogP contribution in [0.5, 0.6) is 0 Å². The molecular weight excluding hydrogens is 268 g/mol. The second-order valence-electron chi connectivity index (χ2n) is 4.68. The molecule has 2 heterocycles. The van der Waals surface area contributed by atoms with E-state index in [1.54, 1.807) is 19.9 Å². The van der Waals surface area contributed by atoms with Crippen molar-refractivity contribution in [3.8, 4) is 0 Å². The molecule has 21 heavy (non-hydrogen) atoms. The van der Waals surface area contributed by atoms with Crippen LogP contribution in [0.1, 0.15) is 28.8 Å². The highest BCUT2D eigenvalue weighted by molar-refractivity contribution is 6.01. The van der Waals surface area contributed by atoms with Crippen LogP contribution in [0, 0.1) is 6.92 Å². The van der Waals surface area contributed by atoms with Gasteiger partial charge in [0, 0.05) is 5.39 Å². The number of aryl methyl sites for hydroxylation is 1. The lowest BCUT2D eigenvalue weighted by Gasteiger charge is -1.99. The van der Waals surface area contributed by atoms with Gasteiger partial charge in [-0.15, -0.1) is 0 Å². The number of hydrogen-bond acceptors (Lipinski definition) is 4. The van der Waals surface area contributed by atoms with Crippen molar-refractivity contribution >= 4 is 22.6 Å². The van der Waals surface area contributed by atoms with E-state index in [9.17, 15) is 4.79 Å². The fourth-order valence-corrected chi connectivity index (χ4v) is 2.03. The molecule has 0 aliphatic carbocycles. The van der Waals surface area contributed by atoms with E-state index in [0.717, 1.165) is 11.0 Å². The fourth-order valence-electron chi connectivity index (χ4n) is 2.03. The van der Waals surface area contributed by atoms with Crippen molar-refractivity contribution < 1.29 is 13.6 Å². The van der Waals surface area contributed by atoms with Gasteiger partial charge in [-0.05, 0) is 32.0 Å². The van der Waals surface area contributed by atoms with E-state index in [2.05, 4.69) is 10.5 Å². The highest BCUT2D eigenvalue weighted by Gasteiger charge is 2.11. The first-order valence-electron chi connectivity index (χ1n) is 6.53. The summed E-state index contributed by atoms with van der Waals surface area (Å²) >= 11 is 0. The lowest BCUT2D eigenvalue weighted by atomic mass is 10.2. The van der Waals surface area contributed by atoms with Crippen molar-refractivity contribution in [2.75, 3.05) is 0 Å².